The summed E-state index contributed by atoms with van der Waals surface area (Å²) in [6, 6.07) is 0.740. The van der Waals surface area contributed by atoms with E-state index in [2.05, 4.69) is 37.5 Å². The smallest absolute Gasteiger partial charge is 0.00514 e. The molecule has 2 saturated heterocycles. The fourth-order valence-corrected chi connectivity index (χ4v) is 3.78. The van der Waals surface area contributed by atoms with Gasteiger partial charge in [-0.2, -0.15) is 0 Å². The van der Waals surface area contributed by atoms with Crippen molar-refractivity contribution in [3.05, 3.63) is 0 Å². The number of nitrogens with zero attached hydrogens (tertiary/aromatic N) is 2. The van der Waals surface area contributed by atoms with Crippen LogP contribution in [0.5, 0.6) is 0 Å². The molecule has 2 heteroatoms. The molecule has 0 amide bonds. The topological polar surface area (TPSA) is 6.48 Å². The molecule has 2 heterocycles. The Morgan fingerprint density at radius 3 is 2.11 bits per heavy atom. The monoisotopic (exact) mass is 266 g/mol. The fourth-order valence-electron chi connectivity index (χ4n) is 3.78. The summed E-state index contributed by atoms with van der Waals surface area (Å²) in [5.74, 6) is 0.878. The summed E-state index contributed by atoms with van der Waals surface area (Å²) in [6.45, 7) is 16.1. The lowest BCUT2D eigenvalue weighted by Gasteiger charge is -2.54. The van der Waals surface area contributed by atoms with E-state index in [1.54, 1.807) is 0 Å². The van der Waals surface area contributed by atoms with Crippen molar-refractivity contribution in [1.29, 1.82) is 0 Å². The second-order valence-electron chi connectivity index (χ2n) is 7.73. The molecule has 2 aliphatic rings. The van der Waals surface area contributed by atoms with Crippen LogP contribution in [0.4, 0.5) is 0 Å². The first-order valence-electron chi connectivity index (χ1n) is 8.47. The molecule has 2 fully saturated rings. The second kappa shape index (κ2) is 6.58. The van der Waals surface area contributed by atoms with Gasteiger partial charge >= 0.3 is 0 Å². The lowest BCUT2D eigenvalue weighted by molar-refractivity contribution is -0.0517. The molecule has 0 radical (unpaired) electrons. The van der Waals surface area contributed by atoms with E-state index in [4.69, 9.17) is 0 Å². The molecule has 2 nitrogen and oxygen atoms in total. The molecule has 2 rings (SSSR count). The molecule has 0 aliphatic carbocycles. The Kier molecular flexibility index (Phi) is 5.30. The molecular formula is C17H34N2. The highest BCUT2D eigenvalue weighted by molar-refractivity contribution is 4.98. The molecule has 0 atom stereocenters. The van der Waals surface area contributed by atoms with Gasteiger partial charge in [-0.15, -0.1) is 0 Å². The van der Waals surface area contributed by atoms with Crippen LogP contribution >= 0.6 is 0 Å². The SMILES string of the molecule is CC(C)CCCCN1CC2(CCN(C(C)C)CC2)C1. The first-order chi connectivity index (χ1) is 9.01. The first kappa shape index (κ1) is 15.3. The minimum Gasteiger partial charge on any atom is -0.302 e. The van der Waals surface area contributed by atoms with Gasteiger partial charge in [-0.1, -0.05) is 26.7 Å². The number of rotatable bonds is 6. The van der Waals surface area contributed by atoms with E-state index in [1.165, 1.54) is 64.8 Å². The molecule has 0 aromatic carbocycles. The molecule has 0 aromatic rings. The summed E-state index contributed by atoms with van der Waals surface area (Å²) >= 11 is 0. The van der Waals surface area contributed by atoms with E-state index in [-0.39, 0.29) is 0 Å². The number of hydrogen-bond acceptors (Lipinski definition) is 2. The maximum atomic E-state index is 2.70. The average molecular weight is 266 g/mol. The summed E-state index contributed by atoms with van der Waals surface area (Å²) in [6.07, 6.45) is 7.11. The predicted octanol–water partition coefficient (Wildman–Crippen LogP) is 3.62. The Morgan fingerprint density at radius 1 is 0.947 bits per heavy atom. The number of hydrogen-bond donors (Lipinski definition) is 0. The van der Waals surface area contributed by atoms with Crippen LogP contribution in [0, 0.1) is 11.3 Å². The highest BCUT2D eigenvalue weighted by Crippen LogP contribution is 2.40. The summed E-state index contributed by atoms with van der Waals surface area (Å²) < 4.78 is 0. The third kappa shape index (κ3) is 4.19. The molecule has 0 saturated carbocycles. The maximum Gasteiger partial charge on any atom is 0.00514 e. The Bertz CT molecular complexity index is 256. The van der Waals surface area contributed by atoms with Gasteiger partial charge in [0.05, 0.1) is 0 Å². The molecule has 112 valence electrons. The minimum absolute atomic E-state index is 0.712. The van der Waals surface area contributed by atoms with Gasteiger partial charge in [-0.05, 0) is 64.1 Å². The van der Waals surface area contributed by atoms with Crippen LogP contribution in [0.2, 0.25) is 0 Å². The normalized spacial score (nSPS) is 24.3. The van der Waals surface area contributed by atoms with Crippen molar-refractivity contribution in [2.24, 2.45) is 11.3 Å². The van der Waals surface area contributed by atoms with Crippen LogP contribution in [-0.2, 0) is 0 Å². The fraction of sp³-hybridized carbons (Fsp3) is 1.00. The predicted molar refractivity (Wildman–Crippen MR) is 83.5 cm³/mol. The molecule has 0 N–H and O–H groups in total. The third-order valence-corrected chi connectivity index (χ3v) is 5.21. The van der Waals surface area contributed by atoms with Crippen LogP contribution < -0.4 is 0 Å². The van der Waals surface area contributed by atoms with Crippen LogP contribution in [0.15, 0.2) is 0 Å². The quantitative estimate of drug-likeness (QED) is 0.678. The number of unbranched alkanes of at least 4 members (excludes halogenated alkanes) is 1. The van der Waals surface area contributed by atoms with E-state index in [0.717, 1.165) is 12.0 Å². The molecular weight excluding hydrogens is 232 g/mol. The summed E-state index contributed by atoms with van der Waals surface area (Å²) in [7, 11) is 0. The van der Waals surface area contributed by atoms with E-state index in [9.17, 15) is 0 Å². The average Bonchev–Trinajstić information content (AvgIpc) is 2.32. The van der Waals surface area contributed by atoms with Crippen molar-refractivity contribution in [1.82, 2.24) is 9.80 Å². The Hall–Kier alpha value is -0.0800. The van der Waals surface area contributed by atoms with Gasteiger partial charge in [0.1, 0.15) is 0 Å². The molecule has 0 aromatic heterocycles. The molecule has 1 spiro atoms. The van der Waals surface area contributed by atoms with Crippen molar-refractivity contribution in [2.45, 2.75) is 65.8 Å². The van der Waals surface area contributed by atoms with Crippen LogP contribution in [0.25, 0.3) is 0 Å². The van der Waals surface area contributed by atoms with Gasteiger partial charge < -0.3 is 9.80 Å². The zero-order chi connectivity index (χ0) is 13.9. The van der Waals surface area contributed by atoms with Gasteiger partial charge in [0.2, 0.25) is 0 Å². The lowest BCUT2D eigenvalue weighted by Crippen LogP contribution is -2.60. The summed E-state index contributed by atoms with van der Waals surface area (Å²) in [5.41, 5.74) is 0.712. The van der Waals surface area contributed by atoms with Gasteiger partial charge in [0.25, 0.3) is 0 Å². The highest BCUT2D eigenvalue weighted by Gasteiger charge is 2.44. The van der Waals surface area contributed by atoms with E-state index >= 15 is 0 Å². The number of piperidine rings is 1. The van der Waals surface area contributed by atoms with Crippen LogP contribution in [-0.4, -0.2) is 48.6 Å². The standard InChI is InChI=1S/C17H34N2/c1-15(2)7-5-6-10-18-13-17(14-18)8-11-19(12-9-17)16(3)4/h15-16H,5-14H2,1-4H3. The van der Waals surface area contributed by atoms with Crippen LogP contribution in [0.3, 0.4) is 0 Å². The molecule has 0 unspecified atom stereocenters. The second-order valence-corrected chi connectivity index (χ2v) is 7.73. The van der Waals surface area contributed by atoms with Gasteiger partial charge in [0.15, 0.2) is 0 Å². The van der Waals surface area contributed by atoms with Crippen molar-refractivity contribution in [3.8, 4) is 0 Å². The highest BCUT2D eigenvalue weighted by atomic mass is 15.2. The number of likely N-dealkylation sites (tertiary alicyclic amines) is 2. The Morgan fingerprint density at radius 2 is 1.58 bits per heavy atom. The summed E-state index contributed by atoms with van der Waals surface area (Å²) in [4.78, 5) is 5.35. The largest absolute Gasteiger partial charge is 0.302 e. The Labute approximate surface area is 120 Å². The van der Waals surface area contributed by atoms with Crippen LogP contribution in [0.1, 0.15) is 59.8 Å². The maximum absolute atomic E-state index is 2.70. The first-order valence-corrected chi connectivity index (χ1v) is 8.47. The zero-order valence-corrected chi connectivity index (χ0v) is 13.6. The van der Waals surface area contributed by atoms with E-state index in [1.807, 2.05) is 0 Å². The van der Waals surface area contributed by atoms with Crippen molar-refractivity contribution < 1.29 is 0 Å². The van der Waals surface area contributed by atoms with Crippen molar-refractivity contribution in [3.63, 3.8) is 0 Å². The van der Waals surface area contributed by atoms with Gasteiger partial charge in [-0.3, -0.25) is 0 Å². The minimum atomic E-state index is 0.712. The molecule has 19 heavy (non-hydrogen) atoms. The van der Waals surface area contributed by atoms with E-state index < -0.39 is 0 Å². The van der Waals surface area contributed by atoms with Gasteiger partial charge in [0, 0.05) is 19.1 Å². The molecule has 0 bridgehead atoms. The zero-order valence-electron chi connectivity index (χ0n) is 13.6. The van der Waals surface area contributed by atoms with Crippen molar-refractivity contribution in [2.75, 3.05) is 32.7 Å². The van der Waals surface area contributed by atoms with E-state index in [0.29, 0.717) is 5.41 Å². The lowest BCUT2D eigenvalue weighted by atomic mass is 9.71. The van der Waals surface area contributed by atoms with Crippen molar-refractivity contribution >= 4 is 0 Å². The Balaban J connectivity index is 1.58. The summed E-state index contributed by atoms with van der Waals surface area (Å²) in [5, 5.41) is 0. The third-order valence-electron chi connectivity index (χ3n) is 5.21. The van der Waals surface area contributed by atoms with Gasteiger partial charge in [-0.25, -0.2) is 0 Å². The molecule has 2 aliphatic heterocycles.